The summed E-state index contributed by atoms with van der Waals surface area (Å²) in [4.78, 5) is 13.1. The minimum atomic E-state index is -1.66. The zero-order valence-corrected chi connectivity index (χ0v) is 37.7. The quantitative estimate of drug-likeness (QED) is 0.0219. The van der Waals surface area contributed by atoms with Gasteiger partial charge in [-0.05, 0) is 38.5 Å². The number of aliphatic hydroxyl groups excluding tert-OH is 7. The maximum absolute atomic E-state index is 13.1. The Bertz CT molecular complexity index is 970. The van der Waals surface area contributed by atoms with Crippen LogP contribution in [0.15, 0.2) is 12.2 Å². The zero-order valence-electron chi connectivity index (χ0n) is 37.7. The lowest BCUT2D eigenvalue weighted by atomic mass is 9.98. The van der Waals surface area contributed by atoms with Crippen LogP contribution in [0.4, 0.5) is 0 Å². The Kier molecular flexibility index (Phi) is 36.5. The Balaban J connectivity index is 2.39. The molecule has 0 bridgehead atoms. The molecule has 1 aliphatic heterocycles. The molecule has 0 aromatic heterocycles. The predicted molar refractivity (Wildman–Crippen MR) is 238 cm³/mol. The standard InChI is InChI=1S/C48H93NO10/c1-3-5-7-9-11-13-15-17-18-19-20-21-22-23-24-26-28-30-32-34-36-41(52)47(57)49-39(38-58-48-46(56)45(55)44(54)42(37-50)59-48)43(53)40(51)35-33-31-29-27-25-16-14-12-10-8-6-4-2/h27,29,39-46,48,50-56H,3-26,28,30-38H2,1-2H3,(H,49,57)/b29-27-/t39-,40-,41+,42+,43+,44+,45-,46+,48+/m0/s1. The van der Waals surface area contributed by atoms with Gasteiger partial charge in [-0.25, -0.2) is 0 Å². The van der Waals surface area contributed by atoms with Crippen LogP contribution < -0.4 is 5.32 Å². The summed E-state index contributed by atoms with van der Waals surface area (Å²) in [5.74, 6) is -0.704. The molecule has 8 N–H and O–H groups in total. The molecule has 1 heterocycles. The van der Waals surface area contributed by atoms with Gasteiger partial charge in [-0.1, -0.05) is 193 Å². The molecule has 0 aliphatic carbocycles. The molecule has 59 heavy (non-hydrogen) atoms. The highest BCUT2D eigenvalue weighted by atomic mass is 16.7. The number of hydrogen-bond donors (Lipinski definition) is 8. The lowest BCUT2D eigenvalue weighted by Crippen LogP contribution is -2.60. The van der Waals surface area contributed by atoms with E-state index in [0.29, 0.717) is 12.8 Å². The number of ether oxygens (including phenoxy) is 2. The number of aliphatic hydroxyl groups is 7. The van der Waals surface area contributed by atoms with E-state index in [-0.39, 0.29) is 12.8 Å². The monoisotopic (exact) mass is 844 g/mol. The number of carbonyl (C=O) groups excluding carboxylic acids is 1. The maximum Gasteiger partial charge on any atom is 0.249 e. The topological polar surface area (TPSA) is 189 Å². The Morgan fingerprint density at radius 2 is 1.00 bits per heavy atom. The van der Waals surface area contributed by atoms with E-state index in [9.17, 15) is 40.5 Å². The van der Waals surface area contributed by atoms with Crippen LogP contribution in [0.25, 0.3) is 0 Å². The highest BCUT2D eigenvalue weighted by Gasteiger charge is 2.44. The van der Waals surface area contributed by atoms with Gasteiger partial charge in [0.15, 0.2) is 6.29 Å². The van der Waals surface area contributed by atoms with E-state index in [1.54, 1.807) is 0 Å². The first-order valence-electron chi connectivity index (χ1n) is 24.6. The van der Waals surface area contributed by atoms with Crippen molar-refractivity contribution in [3.8, 4) is 0 Å². The van der Waals surface area contributed by atoms with E-state index < -0.39 is 74.2 Å². The smallest absolute Gasteiger partial charge is 0.249 e. The molecule has 1 amide bonds. The summed E-state index contributed by atoms with van der Waals surface area (Å²) in [6.07, 6.45) is 29.8. The first-order valence-corrected chi connectivity index (χ1v) is 24.6. The summed E-state index contributed by atoms with van der Waals surface area (Å²) in [6, 6.07) is -1.18. The van der Waals surface area contributed by atoms with Crippen LogP contribution in [0.2, 0.25) is 0 Å². The van der Waals surface area contributed by atoms with Gasteiger partial charge in [0.1, 0.15) is 36.6 Å². The van der Waals surface area contributed by atoms with Crippen molar-refractivity contribution in [3.05, 3.63) is 12.2 Å². The molecule has 9 atom stereocenters. The average molecular weight is 844 g/mol. The summed E-state index contributed by atoms with van der Waals surface area (Å²) in [6.45, 7) is 3.42. The van der Waals surface area contributed by atoms with E-state index in [4.69, 9.17) is 9.47 Å². The Labute approximate surface area is 360 Å². The number of hydrogen-bond acceptors (Lipinski definition) is 10. The van der Waals surface area contributed by atoms with Crippen molar-refractivity contribution in [2.45, 2.75) is 274 Å². The third kappa shape index (κ3) is 28.2. The molecule has 1 fully saturated rings. The molecule has 0 radical (unpaired) electrons. The minimum Gasteiger partial charge on any atom is -0.394 e. The maximum atomic E-state index is 13.1. The molecule has 1 rings (SSSR count). The Morgan fingerprint density at radius 1 is 0.576 bits per heavy atom. The van der Waals surface area contributed by atoms with Crippen molar-refractivity contribution in [2.75, 3.05) is 13.2 Å². The largest absolute Gasteiger partial charge is 0.394 e. The van der Waals surface area contributed by atoms with Gasteiger partial charge in [-0.2, -0.15) is 0 Å². The van der Waals surface area contributed by atoms with Crippen molar-refractivity contribution < 1.29 is 50.0 Å². The summed E-state index contributed by atoms with van der Waals surface area (Å²) in [5, 5.41) is 75.6. The van der Waals surface area contributed by atoms with Gasteiger partial charge >= 0.3 is 0 Å². The molecule has 11 heteroatoms. The van der Waals surface area contributed by atoms with Crippen molar-refractivity contribution in [1.82, 2.24) is 5.32 Å². The average Bonchev–Trinajstić information content (AvgIpc) is 3.23. The van der Waals surface area contributed by atoms with Gasteiger partial charge in [0.25, 0.3) is 0 Å². The van der Waals surface area contributed by atoms with Crippen LogP contribution in [-0.2, 0) is 14.3 Å². The summed E-state index contributed by atoms with van der Waals surface area (Å²) in [5.41, 5.74) is 0. The summed E-state index contributed by atoms with van der Waals surface area (Å²) >= 11 is 0. The SMILES string of the molecule is CCCCCCCCC/C=C\CCC[C@H](O)[C@H](O)[C@H](CO[C@@H]1O[C@H](CO)[C@@H](O)[C@H](O)[C@H]1O)NC(=O)[C@H](O)CCCCCCCCCCCCCCCCCCCCCC. The molecule has 11 nitrogen and oxygen atoms in total. The fourth-order valence-corrected chi connectivity index (χ4v) is 7.97. The van der Waals surface area contributed by atoms with Gasteiger partial charge in [-0.3, -0.25) is 4.79 Å². The Morgan fingerprint density at radius 3 is 1.46 bits per heavy atom. The van der Waals surface area contributed by atoms with Gasteiger partial charge in [0.05, 0.1) is 25.4 Å². The first kappa shape index (κ1) is 55.9. The van der Waals surface area contributed by atoms with Crippen molar-refractivity contribution in [1.29, 1.82) is 0 Å². The number of amides is 1. The third-order valence-corrected chi connectivity index (χ3v) is 12.1. The second kappa shape index (κ2) is 38.5. The van der Waals surface area contributed by atoms with E-state index in [1.807, 2.05) is 0 Å². The fourth-order valence-electron chi connectivity index (χ4n) is 7.97. The van der Waals surface area contributed by atoms with Crippen LogP contribution in [0.1, 0.15) is 219 Å². The third-order valence-electron chi connectivity index (χ3n) is 12.1. The van der Waals surface area contributed by atoms with E-state index in [0.717, 1.165) is 38.5 Å². The molecular weight excluding hydrogens is 751 g/mol. The summed E-state index contributed by atoms with van der Waals surface area (Å²) < 4.78 is 11.1. The molecule has 0 saturated carbocycles. The molecule has 350 valence electrons. The number of carbonyl (C=O) groups is 1. The minimum absolute atomic E-state index is 0.259. The highest BCUT2D eigenvalue weighted by molar-refractivity contribution is 5.80. The van der Waals surface area contributed by atoms with E-state index in [1.165, 1.54) is 141 Å². The van der Waals surface area contributed by atoms with Crippen molar-refractivity contribution in [2.24, 2.45) is 0 Å². The summed E-state index contributed by atoms with van der Waals surface area (Å²) in [7, 11) is 0. The first-order chi connectivity index (χ1) is 28.7. The number of allylic oxidation sites excluding steroid dienone is 2. The molecule has 0 aromatic carbocycles. The number of nitrogens with one attached hydrogen (secondary N) is 1. The molecule has 0 aromatic rings. The van der Waals surface area contributed by atoms with Gasteiger partial charge in [0.2, 0.25) is 5.91 Å². The molecule has 1 aliphatic rings. The fraction of sp³-hybridized carbons (Fsp3) is 0.938. The highest BCUT2D eigenvalue weighted by Crippen LogP contribution is 2.23. The lowest BCUT2D eigenvalue weighted by molar-refractivity contribution is -0.303. The van der Waals surface area contributed by atoms with Crippen molar-refractivity contribution >= 4 is 5.91 Å². The molecule has 1 saturated heterocycles. The van der Waals surface area contributed by atoms with Gasteiger partial charge in [0, 0.05) is 0 Å². The normalized spacial score (nSPS) is 21.8. The molecule has 0 unspecified atom stereocenters. The van der Waals surface area contributed by atoms with Gasteiger partial charge < -0.3 is 50.5 Å². The van der Waals surface area contributed by atoms with E-state index in [2.05, 4.69) is 31.3 Å². The predicted octanol–water partition coefficient (Wildman–Crippen LogP) is 8.45. The Hall–Kier alpha value is -1.15. The van der Waals surface area contributed by atoms with Gasteiger partial charge in [-0.15, -0.1) is 0 Å². The van der Waals surface area contributed by atoms with E-state index >= 15 is 0 Å². The lowest BCUT2D eigenvalue weighted by Gasteiger charge is -2.40. The van der Waals surface area contributed by atoms with Crippen molar-refractivity contribution in [3.63, 3.8) is 0 Å². The zero-order chi connectivity index (χ0) is 43.4. The number of rotatable bonds is 41. The van der Waals surface area contributed by atoms with Crippen LogP contribution in [0.5, 0.6) is 0 Å². The number of unbranched alkanes of at least 4 members (excludes halogenated alkanes) is 27. The van der Waals surface area contributed by atoms with Crippen LogP contribution >= 0.6 is 0 Å². The van der Waals surface area contributed by atoms with Crippen LogP contribution in [-0.4, -0.2) is 110 Å². The second-order valence-corrected chi connectivity index (χ2v) is 17.5. The van der Waals surface area contributed by atoms with Crippen LogP contribution in [0, 0.1) is 0 Å². The second-order valence-electron chi connectivity index (χ2n) is 17.5. The van der Waals surface area contributed by atoms with Crippen LogP contribution in [0.3, 0.4) is 0 Å². The molecule has 0 spiro atoms. The molecular formula is C48H93NO10.